The molecule has 0 bridgehead atoms. The summed E-state index contributed by atoms with van der Waals surface area (Å²) in [5.74, 6) is -4.28. The minimum Gasteiger partial charge on any atom is -0.330 e. The monoisotopic (exact) mass is 190 g/mol. The number of hydrogen-bond acceptors (Lipinski definition) is 2. The van der Waals surface area contributed by atoms with Gasteiger partial charge in [-0.1, -0.05) is 0 Å². The van der Waals surface area contributed by atoms with Crippen LogP contribution in [0, 0.1) is 5.82 Å². The van der Waals surface area contributed by atoms with E-state index in [4.69, 9.17) is 5.73 Å². The van der Waals surface area contributed by atoms with Crippen LogP contribution in [0.25, 0.3) is 0 Å². The lowest BCUT2D eigenvalue weighted by molar-refractivity contribution is -0.0187. The van der Waals surface area contributed by atoms with Gasteiger partial charge in [0.05, 0.1) is 0 Å². The fraction of sp³-hybridized carbons (Fsp3) is 0.375. The fourth-order valence-corrected chi connectivity index (χ4v) is 0.955. The SMILES string of the molecule is NCCC(F)(F)c1ncccc1F. The second-order valence-corrected chi connectivity index (χ2v) is 2.58. The first-order valence-electron chi connectivity index (χ1n) is 3.77. The molecule has 5 heteroatoms. The molecule has 0 fully saturated rings. The maximum absolute atomic E-state index is 13.0. The Morgan fingerprint density at radius 1 is 1.46 bits per heavy atom. The molecule has 2 nitrogen and oxygen atoms in total. The van der Waals surface area contributed by atoms with Crippen LogP contribution >= 0.6 is 0 Å². The zero-order valence-corrected chi connectivity index (χ0v) is 6.80. The van der Waals surface area contributed by atoms with E-state index >= 15 is 0 Å². The molecule has 0 aliphatic carbocycles. The quantitative estimate of drug-likeness (QED) is 0.787. The van der Waals surface area contributed by atoms with E-state index in [1.54, 1.807) is 0 Å². The smallest absolute Gasteiger partial charge is 0.293 e. The van der Waals surface area contributed by atoms with E-state index in [1.807, 2.05) is 0 Å². The Labute approximate surface area is 73.6 Å². The summed E-state index contributed by atoms with van der Waals surface area (Å²) in [6.45, 7) is -0.205. The Morgan fingerprint density at radius 3 is 2.69 bits per heavy atom. The van der Waals surface area contributed by atoms with Gasteiger partial charge in [-0.3, -0.25) is 4.98 Å². The Kier molecular flexibility index (Phi) is 2.87. The highest BCUT2D eigenvalue weighted by Gasteiger charge is 2.34. The zero-order chi connectivity index (χ0) is 9.90. The number of alkyl halides is 2. The van der Waals surface area contributed by atoms with Crippen molar-refractivity contribution in [1.82, 2.24) is 4.98 Å². The molecule has 1 aromatic heterocycles. The second-order valence-electron chi connectivity index (χ2n) is 2.58. The van der Waals surface area contributed by atoms with Crippen molar-refractivity contribution in [3.63, 3.8) is 0 Å². The summed E-state index contributed by atoms with van der Waals surface area (Å²) in [6, 6.07) is 2.21. The lowest BCUT2D eigenvalue weighted by Crippen LogP contribution is -2.21. The van der Waals surface area contributed by atoms with Crippen molar-refractivity contribution in [3.05, 3.63) is 29.8 Å². The van der Waals surface area contributed by atoms with Crippen LogP contribution in [-0.4, -0.2) is 11.5 Å². The second kappa shape index (κ2) is 3.74. The van der Waals surface area contributed by atoms with Gasteiger partial charge in [-0.2, -0.15) is 8.78 Å². The van der Waals surface area contributed by atoms with Crippen LogP contribution in [0.1, 0.15) is 12.1 Å². The predicted molar refractivity (Wildman–Crippen MR) is 41.8 cm³/mol. The molecule has 1 heterocycles. The van der Waals surface area contributed by atoms with Gasteiger partial charge in [0, 0.05) is 12.6 Å². The Bertz CT molecular complexity index is 288. The highest BCUT2D eigenvalue weighted by molar-refractivity contribution is 5.12. The van der Waals surface area contributed by atoms with Gasteiger partial charge < -0.3 is 5.73 Å². The number of halogens is 3. The molecule has 0 spiro atoms. The van der Waals surface area contributed by atoms with Gasteiger partial charge >= 0.3 is 0 Å². The molecule has 1 rings (SSSR count). The molecule has 0 aliphatic heterocycles. The normalized spacial score (nSPS) is 11.7. The van der Waals surface area contributed by atoms with E-state index in [1.165, 1.54) is 6.07 Å². The number of nitrogens with zero attached hydrogens (tertiary/aromatic N) is 1. The van der Waals surface area contributed by atoms with Crippen molar-refractivity contribution in [3.8, 4) is 0 Å². The minimum absolute atomic E-state index is 0.205. The van der Waals surface area contributed by atoms with Gasteiger partial charge in [-0.05, 0) is 18.7 Å². The summed E-state index contributed by atoms with van der Waals surface area (Å²) in [6.07, 6.45) is 0.532. The van der Waals surface area contributed by atoms with Crippen molar-refractivity contribution < 1.29 is 13.2 Å². The van der Waals surface area contributed by atoms with Crippen molar-refractivity contribution in [2.45, 2.75) is 12.3 Å². The molecule has 1 aromatic rings. The fourth-order valence-electron chi connectivity index (χ4n) is 0.955. The minimum atomic E-state index is -3.28. The third-order valence-corrected chi connectivity index (χ3v) is 1.56. The van der Waals surface area contributed by atoms with E-state index in [0.717, 1.165) is 12.3 Å². The molecule has 0 aliphatic rings. The van der Waals surface area contributed by atoms with Crippen LogP contribution in [0.4, 0.5) is 13.2 Å². The van der Waals surface area contributed by atoms with E-state index in [0.29, 0.717) is 0 Å². The molecule has 2 N–H and O–H groups in total. The van der Waals surface area contributed by atoms with Crippen LogP contribution in [0.3, 0.4) is 0 Å². The average molecular weight is 190 g/mol. The first kappa shape index (κ1) is 9.98. The lowest BCUT2D eigenvalue weighted by atomic mass is 10.1. The van der Waals surface area contributed by atoms with Crippen LogP contribution in [0.15, 0.2) is 18.3 Å². The van der Waals surface area contributed by atoms with E-state index in [9.17, 15) is 13.2 Å². The van der Waals surface area contributed by atoms with Gasteiger partial charge in [-0.25, -0.2) is 4.39 Å². The van der Waals surface area contributed by atoms with Gasteiger partial charge in [0.15, 0.2) is 5.82 Å². The Hall–Kier alpha value is -1.10. The van der Waals surface area contributed by atoms with Gasteiger partial charge in [0.25, 0.3) is 5.92 Å². The number of aromatic nitrogens is 1. The van der Waals surface area contributed by atoms with Crippen LogP contribution in [0.2, 0.25) is 0 Å². The molecule has 0 radical (unpaired) electrons. The lowest BCUT2D eigenvalue weighted by Gasteiger charge is -2.14. The average Bonchev–Trinajstić information content (AvgIpc) is 2.04. The Morgan fingerprint density at radius 2 is 2.15 bits per heavy atom. The molecular formula is C8H9F3N2. The van der Waals surface area contributed by atoms with E-state index in [-0.39, 0.29) is 6.54 Å². The van der Waals surface area contributed by atoms with E-state index < -0.39 is 23.9 Å². The predicted octanol–water partition coefficient (Wildman–Crippen LogP) is 1.66. The summed E-state index contributed by atoms with van der Waals surface area (Å²) < 4.78 is 38.9. The highest BCUT2D eigenvalue weighted by Crippen LogP contribution is 2.30. The van der Waals surface area contributed by atoms with Gasteiger partial charge in [-0.15, -0.1) is 0 Å². The zero-order valence-electron chi connectivity index (χ0n) is 6.80. The molecule has 0 unspecified atom stereocenters. The summed E-state index contributed by atoms with van der Waals surface area (Å²) in [7, 11) is 0. The summed E-state index contributed by atoms with van der Waals surface area (Å²) in [5.41, 5.74) is 4.14. The molecule has 13 heavy (non-hydrogen) atoms. The summed E-state index contributed by atoms with van der Waals surface area (Å²) in [5, 5.41) is 0. The third kappa shape index (κ3) is 2.18. The van der Waals surface area contributed by atoms with Gasteiger partial charge in [0.1, 0.15) is 5.69 Å². The number of pyridine rings is 1. The van der Waals surface area contributed by atoms with Crippen molar-refractivity contribution in [2.24, 2.45) is 5.73 Å². The summed E-state index contributed by atoms with van der Waals surface area (Å²) in [4.78, 5) is 3.29. The largest absolute Gasteiger partial charge is 0.330 e. The topological polar surface area (TPSA) is 38.9 Å². The number of nitrogens with two attached hydrogens (primary N) is 1. The molecular weight excluding hydrogens is 181 g/mol. The third-order valence-electron chi connectivity index (χ3n) is 1.56. The standard InChI is InChI=1S/C8H9F3N2/c9-6-2-1-5-13-7(6)8(10,11)3-4-12/h1-2,5H,3-4,12H2. The first-order valence-corrected chi connectivity index (χ1v) is 3.77. The van der Waals surface area contributed by atoms with Gasteiger partial charge in [0.2, 0.25) is 0 Å². The summed E-state index contributed by atoms with van der Waals surface area (Å²) >= 11 is 0. The molecule has 72 valence electrons. The van der Waals surface area contributed by atoms with Crippen molar-refractivity contribution in [2.75, 3.05) is 6.54 Å². The van der Waals surface area contributed by atoms with Crippen LogP contribution in [-0.2, 0) is 5.92 Å². The van der Waals surface area contributed by atoms with Crippen molar-refractivity contribution in [1.29, 1.82) is 0 Å². The Balaban J connectivity index is 2.99. The maximum Gasteiger partial charge on any atom is 0.293 e. The van der Waals surface area contributed by atoms with Crippen LogP contribution in [0.5, 0.6) is 0 Å². The molecule has 0 aromatic carbocycles. The van der Waals surface area contributed by atoms with Crippen LogP contribution < -0.4 is 5.73 Å². The first-order chi connectivity index (χ1) is 6.08. The van der Waals surface area contributed by atoms with E-state index in [2.05, 4.69) is 4.98 Å². The van der Waals surface area contributed by atoms with Crippen molar-refractivity contribution >= 4 is 0 Å². The number of rotatable bonds is 3. The maximum atomic E-state index is 13.0. The number of hydrogen-bond donors (Lipinski definition) is 1. The molecule has 0 saturated carbocycles. The molecule has 0 saturated heterocycles. The highest BCUT2D eigenvalue weighted by atomic mass is 19.3. The molecule has 0 amide bonds. The molecule has 0 atom stereocenters.